The average Bonchev–Trinajstić information content (AvgIpc) is 3.38. The molecule has 0 unspecified atom stereocenters. The molecule has 0 aromatic rings. The molecular formula is C40H71N3O2. The summed E-state index contributed by atoms with van der Waals surface area (Å²) in [5.41, 5.74) is 3.15. The van der Waals surface area contributed by atoms with Crippen molar-refractivity contribution in [1.82, 2.24) is 15.1 Å². The van der Waals surface area contributed by atoms with Crippen LogP contribution in [0.25, 0.3) is 0 Å². The van der Waals surface area contributed by atoms with Gasteiger partial charge >= 0.3 is 0 Å². The third-order valence-corrected chi connectivity index (χ3v) is 16.7. The molecule has 0 bridgehead atoms. The minimum absolute atomic E-state index is 0.0343. The number of hydrogen-bond donors (Lipinski definition) is 3. The first-order valence-electron chi connectivity index (χ1n) is 19.4. The van der Waals surface area contributed by atoms with Gasteiger partial charge in [0.1, 0.15) is 0 Å². The normalized spacial score (nSPS) is 46.6. The maximum absolute atomic E-state index is 11.1. The lowest BCUT2D eigenvalue weighted by molar-refractivity contribution is -0.247. The molecule has 5 aliphatic carbocycles. The molecule has 0 aromatic carbocycles. The Morgan fingerprint density at radius 1 is 0.778 bits per heavy atom. The Bertz CT molecular complexity index is 1050. The molecule has 10 atom stereocenters. The van der Waals surface area contributed by atoms with Crippen LogP contribution in [-0.4, -0.2) is 85.1 Å². The summed E-state index contributed by atoms with van der Waals surface area (Å²) in [5.74, 6) is 3.76. The Kier molecular flexibility index (Phi) is 9.77. The van der Waals surface area contributed by atoms with E-state index in [0.717, 1.165) is 63.4 Å². The van der Waals surface area contributed by atoms with Crippen LogP contribution >= 0.6 is 0 Å². The van der Waals surface area contributed by atoms with E-state index in [1.807, 2.05) is 0 Å². The van der Waals surface area contributed by atoms with Gasteiger partial charge in [-0.25, -0.2) is 0 Å². The van der Waals surface area contributed by atoms with Gasteiger partial charge in [0, 0.05) is 32.7 Å². The fourth-order valence-corrected chi connectivity index (χ4v) is 14.0. The van der Waals surface area contributed by atoms with Gasteiger partial charge in [0.05, 0.1) is 12.7 Å². The zero-order chi connectivity index (χ0) is 32.3. The summed E-state index contributed by atoms with van der Waals surface area (Å²) < 4.78 is 0. The van der Waals surface area contributed by atoms with Crippen LogP contribution in [0.2, 0.25) is 0 Å². The van der Waals surface area contributed by atoms with Crippen molar-refractivity contribution in [2.75, 3.05) is 59.0 Å². The van der Waals surface area contributed by atoms with Gasteiger partial charge in [0.15, 0.2) is 0 Å². The summed E-state index contributed by atoms with van der Waals surface area (Å²) in [6.07, 6.45) is 15.7. The predicted molar refractivity (Wildman–Crippen MR) is 187 cm³/mol. The molecule has 5 heteroatoms. The van der Waals surface area contributed by atoms with Crippen molar-refractivity contribution in [3.05, 3.63) is 12.2 Å². The number of nitrogens with one attached hydrogen (secondary N) is 1. The number of hydrogen-bond acceptors (Lipinski definition) is 5. The third kappa shape index (κ3) is 5.63. The first-order valence-corrected chi connectivity index (χ1v) is 19.4. The number of β-amino-alcohol motifs (C(OH)–C–C–N with tert-alkyl or cyclic N) is 1. The number of aliphatic hydroxyl groups excluding tert-OH is 2. The van der Waals surface area contributed by atoms with Crippen LogP contribution in [0.5, 0.6) is 0 Å². The highest BCUT2D eigenvalue weighted by atomic mass is 16.3. The van der Waals surface area contributed by atoms with E-state index in [2.05, 4.69) is 63.2 Å². The van der Waals surface area contributed by atoms with E-state index in [0.29, 0.717) is 33.5 Å². The van der Waals surface area contributed by atoms with Crippen LogP contribution in [0.1, 0.15) is 119 Å². The SMILES string of the molecule is C=C(C)[C@@H]1CC[C@]2(CCNCCCN3CCN(CCO)CC3)CC[C@]3(C)[C@H](CC[C@@H]4[C@@]5(C)CC[C@H](O)C(C)(C)[C@@H]5CC[C@]43C)[C@@H]12. The van der Waals surface area contributed by atoms with Crippen LogP contribution < -0.4 is 5.32 Å². The molecule has 5 saturated carbocycles. The van der Waals surface area contributed by atoms with Gasteiger partial charge in [-0.2, -0.15) is 0 Å². The molecule has 0 aromatic heterocycles. The second kappa shape index (κ2) is 12.8. The number of nitrogens with zero attached hydrogens (tertiary/aromatic N) is 2. The van der Waals surface area contributed by atoms with E-state index in [1.54, 1.807) is 0 Å². The summed E-state index contributed by atoms with van der Waals surface area (Å²) in [6.45, 7) is 29.0. The van der Waals surface area contributed by atoms with Crippen LogP contribution in [0.3, 0.4) is 0 Å². The highest BCUT2D eigenvalue weighted by Gasteiger charge is 2.70. The maximum Gasteiger partial charge on any atom is 0.0594 e. The lowest BCUT2D eigenvalue weighted by Gasteiger charge is -2.73. The molecule has 1 saturated heterocycles. The van der Waals surface area contributed by atoms with Crippen LogP contribution in [-0.2, 0) is 0 Å². The van der Waals surface area contributed by atoms with Gasteiger partial charge in [-0.3, -0.25) is 4.90 Å². The molecule has 6 rings (SSSR count). The standard InChI is InChI=1S/C40H71N3O2/c1-29(2)30-11-16-40(19-21-41-20-8-22-42-23-25-43(26-24-42)27-28-44)18-17-38(6)31(35(30)40)9-10-33-37(5)14-13-34(45)36(3,4)32(37)12-15-39(33,38)7/h30-35,41,44-45H,1,8-28H2,2-7H3/t30-,31+,32-,33+,34-,35+,37-,38+,39+,40+/m0/s1. The van der Waals surface area contributed by atoms with Crippen LogP contribution in [0.15, 0.2) is 12.2 Å². The maximum atomic E-state index is 11.1. The van der Waals surface area contributed by atoms with Crippen LogP contribution in [0.4, 0.5) is 0 Å². The van der Waals surface area contributed by atoms with E-state index in [9.17, 15) is 10.2 Å². The van der Waals surface area contributed by atoms with Gasteiger partial charge in [0.2, 0.25) is 0 Å². The van der Waals surface area contributed by atoms with E-state index in [4.69, 9.17) is 0 Å². The minimum atomic E-state index is -0.140. The van der Waals surface area contributed by atoms with Crippen molar-refractivity contribution in [2.24, 2.45) is 56.7 Å². The quantitative estimate of drug-likeness (QED) is 0.181. The molecule has 0 radical (unpaired) electrons. The van der Waals surface area contributed by atoms with Crippen molar-refractivity contribution < 1.29 is 10.2 Å². The first kappa shape index (κ1) is 34.4. The van der Waals surface area contributed by atoms with Gasteiger partial charge < -0.3 is 20.4 Å². The van der Waals surface area contributed by atoms with Crippen molar-refractivity contribution in [3.63, 3.8) is 0 Å². The first-order chi connectivity index (χ1) is 21.3. The highest BCUT2D eigenvalue weighted by Crippen LogP contribution is 2.77. The second-order valence-corrected chi connectivity index (χ2v) is 18.7. The summed E-state index contributed by atoms with van der Waals surface area (Å²) >= 11 is 0. The second-order valence-electron chi connectivity index (χ2n) is 18.7. The average molecular weight is 626 g/mol. The number of allylic oxidation sites excluding steroid dienone is 1. The Balaban J connectivity index is 1.12. The Morgan fingerprint density at radius 2 is 1.49 bits per heavy atom. The predicted octanol–water partition coefficient (Wildman–Crippen LogP) is 6.98. The number of aliphatic hydroxyl groups is 2. The van der Waals surface area contributed by atoms with Crippen molar-refractivity contribution in [2.45, 2.75) is 125 Å². The lowest BCUT2D eigenvalue weighted by atomic mass is 9.32. The van der Waals surface area contributed by atoms with Gasteiger partial charge in [-0.15, -0.1) is 0 Å². The Morgan fingerprint density at radius 3 is 2.18 bits per heavy atom. The Hall–Kier alpha value is -0.460. The monoisotopic (exact) mass is 626 g/mol. The Labute approximate surface area is 277 Å². The molecule has 6 fully saturated rings. The molecule has 0 amide bonds. The summed E-state index contributed by atoms with van der Waals surface area (Å²) in [4.78, 5) is 5.00. The van der Waals surface area contributed by atoms with Gasteiger partial charge in [-0.1, -0.05) is 46.8 Å². The van der Waals surface area contributed by atoms with E-state index in [-0.39, 0.29) is 18.1 Å². The molecule has 1 heterocycles. The molecule has 45 heavy (non-hydrogen) atoms. The largest absolute Gasteiger partial charge is 0.395 e. The van der Waals surface area contributed by atoms with E-state index < -0.39 is 0 Å². The molecule has 5 nitrogen and oxygen atoms in total. The topological polar surface area (TPSA) is 59.0 Å². The summed E-state index contributed by atoms with van der Waals surface area (Å²) in [6, 6.07) is 0. The van der Waals surface area contributed by atoms with Gasteiger partial charge in [-0.05, 0) is 160 Å². The fourth-order valence-electron chi connectivity index (χ4n) is 14.0. The minimum Gasteiger partial charge on any atom is -0.395 e. The molecular weight excluding hydrogens is 554 g/mol. The van der Waals surface area contributed by atoms with Crippen molar-refractivity contribution >= 4 is 0 Å². The molecule has 0 spiro atoms. The van der Waals surface area contributed by atoms with E-state index in [1.165, 1.54) is 89.3 Å². The highest BCUT2D eigenvalue weighted by molar-refractivity contribution is 5.21. The number of piperazine rings is 1. The van der Waals surface area contributed by atoms with Crippen LogP contribution in [0, 0.1) is 56.7 Å². The number of rotatable bonds is 10. The molecule has 3 N–H and O–H groups in total. The van der Waals surface area contributed by atoms with E-state index >= 15 is 0 Å². The zero-order valence-corrected chi connectivity index (χ0v) is 30.3. The number of fused-ring (bicyclic) bond motifs is 7. The third-order valence-electron chi connectivity index (χ3n) is 16.7. The van der Waals surface area contributed by atoms with Crippen molar-refractivity contribution in [1.29, 1.82) is 0 Å². The van der Waals surface area contributed by atoms with Gasteiger partial charge in [0.25, 0.3) is 0 Å². The fraction of sp³-hybridized carbons (Fsp3) is 0.950. The summed E-state index contributed by atoms with van der Waals surface area (Å²) in [7, 11) is 0. The smallest absolute Gasteiger partial charge is 0.0594 e. The van der Waals surface area contributed by atoms with Crippen molar-refractivity contribution in [3.8, 4) is 0 Å². The zero-order valence-electron chi connectivity index (χ0n) is 30.3. The molecule has 1 aliphatic heterocycles. The molecule has 258 valence electrons. The summed E-state index contributed by atoms with van der Waals surface area (Å²) in [5, 5.41) is 24.2. The lowest BCUT2D eigenvalue weighted by Crippen LogP contribution is -2.66. The molecule has 6 aliphatic rings.